The smallest absolute Gasteiger partial charge is 0.111 e. The van der Waals surface area contributed by atoms with Crippen LogP contribution in [0.25, 0.3) is 10.9 Å². The Morgan fingerprint density at radius 2 is 2.36 bits per heavy atom. The number of H-pyrrole nitrogens is 1. The van der Waals surface area contributed by atoms with E-state index >= 15 is 0 Å². The maximum atomic E-state index is 6.01. The third-order valence-electron chi connectivity index (χ3n) is 2.24. The normalized spacial score (nSPS) is 11.0. The van der Waals surface area contributed by atoms with Crippen molar-refractivity contribution < 1.29 is 0 Å². The van der Waals surface area contributed by atoms with Crippen LogP contribution >= 0.6 is 11.6 Å². The quantitative estimate of drug-likeness (QED) is 0.812. The van der Waals surface area contributed by atoms with Gasteiger partial charge in [-0.15, -0.1) is 0 Å². The van der Waals surface area contributed by atoms with Crippen molar-refractivity contribution in [3.63, 3.8) is 0 Å². The molecule has 0 saturated heterocycles. The lowest BCUT2D eigenvalue weighted by atomic mass is 10.2. The predicted octanol–water partition coefficient (Wildman–Crippen LogP) is 1.98. The van der Waals surface area contributed by atoms with Crippen LogP contribution in [0, 0.1) is 0 Å². The summed E-state index contributed by atoms with van der Waals surface area (Å²) in [4.78, 5) is 0. The average molecular weight is 210 g/mol. The van der Waals surface area contributed by atoms with Crippen molar-refractivity contribution >= 4 is 22.5 Å². The van der Waals surface area contributed by atoms with Gasteiger partial charge >= 0.3 is 0 Å². The number of benzene rings is 1. The van der Waals surface area contributed by atoms with Crippen molar-refractivity contribution in [1.82, 2.24) is 15.5 Å². The Kier molecular flexibility index (Phi) is 2.70. The highest BCUT2D eigenvalue weighted by atomic mass is 35.5. The lowest BCUT2D eigenvalue weighted by molar-refractivity contribution is 0.775. The highest BCUT2D eigenvalue weighted by Crippen LogP contribution is 2.23. The van der Waals surface area contributed by atoms with Gasteiger partial charge in [-0.3, -0.25) is 5.10 Å². The summed E-state index contributed by atoms with van der Waals surface area (Å²) < 4.78 is 0. The highest BCUT2D eigenvalue weighted by molar-refractivity contribution is 6.35. The second-order valence-corrected chi connectivity index (χ2v) is 3.60. The number of hydrogen-bond acceptors (Lipinski definition) is 2. The Morgan fingerprint density at radius 3 is 3.14 bits per heavy atom. The van der Waals surface area contributed by atoms with Gasteiger partial charge in [0.25, 0.3) is 0 Å². The third kappa shape index (κ3) is 1.61. The zero-order valence-corrected chi connectivity index (χ0v) is 8.73. The number of hydrogen-bond donors (Lipinski definition) is 2. The van der Waals surface area contributed by atoms with E-state index < -0.39 is 0 Å². The zero-order chi connectivity index (χ0) is 9.97. The van der Waals surface area contributed by atoms with Gasteiger partial charge in [-0.1, -0.05) is 23.7 Å². The van der Waals surface area contributed by atoms with Gasteiger partial charge in [0.15, 0.2) is 0 Å². The molecule has 1 heterocycles. The molecule has 74 valence electrons. The fourth-order valence-electron chi connectivity index (χ4n) is 1.50. The molecule has 0 aliphatic carbocycles. The maximum Gasteiger partial charge on any atom is 0.111 e. The van der Waals surface area contributed by atoms with Crippen LogP contribution in [0.3, 0.4) is 0 Å². The van der Waals surface area contributed by atoms with E-state index in [9.17, 15) is 0 Å². The molecule has 0 fully saturated rings. The molecular weight excluding hydrogens is 198 g/mol. The maximum absolute atomic E-state index is 6.01. The molecule has 0 radical (unpaired) electrons. The third-order valence-corrected chi connectivity index (χ3v) is 2.54. The standard InChI is InChI=1S/C10H12ClN3/c1-12-6-5-9-7-3-2-4-8(11)10(7)14-13-9/h2-4,12H,5-6H2,1H3,(H,13,14). The molecule has 2 N–H and O–H groups in total. The first-order chi connectivity index (χ1) is 6.83. The van der Waals surface area contributed by atoms with E-state index in [-0.39, 0.29) is 0 Å². The van der Waals surface area contributed by atoms with Crippen LogP contribution in [-0.2, 0) is 6.42 Å². The first-order valence-corrected chi connectivity index (χ1v) is 4.97. The van der Waals surface area contributed by atoms with Crippen molar-refractivity contribution in [2.75, 3.05) is 13.6 Å². The molecule has 3 nitrogen and oxygen atoms in total. The SMILES string of the molecule is CNCCc1[nH]nc2c(Cl)cccc12. The Hall–Kier alpha value is -1.06. The molecule has 0 amide bonds. The molecule has 2 aromatic rings. The Balaban J connectivity index is 2.42. The number of nitrogens with zero attached hydrogens (tertiary/aromatic N) is 1. The van der Waals surface area contributed by atoms with E-state index in [2.05, 4.69) is 15.5 Å². The van der Waals surface area contributed by atoms with Crippen LogP contribution in [-0.4, -0.2) is 23.8 Å². The molecular formula is C10H12ClN3. The Labute approximate surface area is 87.5 Å². The number of para-hydroxylation sites is 1. The summed E-state index contributed by atoms with van der Waals surface area (Å²) in [6.45, 7) is 0.934. The first kappa shape index (κ1) is 9.49. The minimum absolute atomic E-state index is 0.703. The first-order valence-electron chi connectivity index (χ1n) is 4.59. The Bertz CT molecular complexity index is 436. The molecule has 0 bridgehead atoms. The van der Waals surface area contributed by atoms with Crippen molar-refractivity contribution in [1.29, 1.82) is 0 Å². The number of halogens is 1. The average Bonchev–Trinajstić information content (AvgIpc) is 2.60. The van der Waals surface area contributed by atoms with Crippen LogP contribution in [0.4, 0.5) is 0 Å². The summed E-state index contributed by atoms with van der Waals surface area (Å²) in [5.74, 6) is 0. The summed E-state index contributed by atoms with van der Waals surface area (Å²) in [6.07, 6.45) is 0.938. The summed E-state index contributed by atoms with van der Waals surface area (Å²) in [6, 6.07) is 5.84. The number of rotatable bonds is 3. The molecule has 0 unspecified atom stereocenters. The monoisotopic (exact) mass is 209 g/mol. The molecule has 0 saturated carbocycles. The van der Waals surface area contributed by atoms with E-state index in [1.54, 1.807) is 0 Å². The van der Waals surface area contributed by atoms with Gasteiger partial charge in [-0.25, -0.2) is 0 Å². The van der Waals surface area contributed by atoms with Gasteiger partial charge in [0.1, 0.15) is 5.52 Å². The fraction of sp³-hybridized carbons (Fsp3) is 0.300. The zero-order valence-electron chi connectivity index (χ0n) is 7.97. The number of fused-ring (bicyclic) bond motifs is 1. The summed E-state index contributed by atoms with van der Waals surface area (Å²) in [5, 5.41) is 12.1. The minimum Gasteiger partial charge on any atom is -0.319 e. The molecule has 0 aliphatic heterocycles. The van der Waals surface area contributed by atoms with Crippen LogP contribution in [0.2, 0.25) is 5.02 Å². The summed E-state index contributed by atoms with van der Waals surface area (Å²) in [7, 11) is 1.94. The van der Waals surface area contributed by atoms with Crippen molar-refractivity contribution in [2.24, 2.45) is 0 Å². The molecule has 1 aromatic carbocycles. The predicted molar refractivity (Wildman–Crippen MR) is 58.7 cm³/mol. The van der Waals surface area contributed by atoms with E-state index in [1.165, 1.54) is 0 Å². The lowest BCUT2D eigenvalue weighted by Crippen LogP contribution is -2.10. The van der Waals surface area contributed by atoms with E-state index in [0.717, 1.165) is 29.6 Å². The van der Waals surface area contributed by atoms with Crippen molar-refractivity contribution in [2.45, 2.75) is 6.42 Å². The lowest BCUT2D eigenvalue weighted by Gasteiger charge is -1.97. The summed E-state index contributed by atoms with van der Waals surface area (Å²) >= 11 is 6.01. The van der Waals surface area contributed by atoms with E-state index in [1.807, 2.05) is 25.2 Å². The van der Waals surface area contributed by atoms with Gasteiger partial charge in [0.05, 0.1) is 5.02 Å². The van der Waals surface area contributed by atoms with Gasteiger partial charge in [0.2, 0.25) is 0 Å². The number of nitrogens with one attached hydrogen (secondary N) is 2. The molecule has 14 heavy (non-hydrogen) atoms. The van der Waals surface area contributed by atoms with Gasteiger partial charge < -0.3 is 5.32 Å². The number of aromatic nitrogens is 2. The largest absolute Gasteiger partial charge is 0.319 e. The van der Waals surface area contributed by atoms with Crippen LogP contribution in [0.5, 0.6) is 0 Å². The molecule has 1 aromatic heterocycles. The Morgan fingerprint density at radius 1 is 1.50 bits per heavy atom. The van der Waals surface area contributed by atoms with Crippen molar-refractivity contribution in [3.05, 3.63) is 28.9 Å². The number of likely N-dealkylation sites (N-methyl/N-ethyl adjacent to an activating group) is 1. The molecule has 0 spiro atoms. The van der Waals surface area contributed by atoms with Gasteiger partial charge in [0, 0.05) is 24.0 Å². The fourth-order valence-corrected chi connectivity index (χ4v) is 1.71. The second-order valence-electron chi connectivity index (χ2n) is 3.19. The summed E-state index contributed by atoms with van der Waals surface area (Å²) in [5.41, 5.74) is 2.00. The number of aromatic amines is 1. The highest BCUT2D eigenvalue weighted by Gasteiger charge is 2.06. The second kappa shape index (κ2) is 3.98. The molecule has 4 heteroatoms. The van der Waals surface area contributed by atoms with E-state index in [4.69, 9.17) is 11.6 Å². The molecule has 2 rings (SSSR count). The van der Waals surface area contributed by atoms with Gasteiger partial charge in [-0.2, -0.15) is 5.10 Å². The molecule has 0 atom stereocenters. The minimum atomic E-state index is 0.703. The van der Waals surface area contributed by atoms with E-state index in [0.29, 0.717) is 5.02 Å². The van der Waals surface area contributed by atoms with Gasteiger partial charge in [-0.05, 0) is 13.1 Å². The topological polar surface area (TPSA) is 40.7 Å². The van der Waals surface area contributed by atoms with Crippen LogP contribution in [0.1, 0.15) is 5.69 Å². The van der Waals surface area contributed by atoms with Crippen LogP contribution < -0.4 is 5.32 Å². The molecule has 0 aliphatic rings. The van der Waals surface area contributed by atoms with Crippen molar-refractivity contribution in [3.8, 4) is 0 Å². The van der Waals surface area contributed by atoms with Crippen LogP contribution in [0.15, 0.2) is 18.2 Å².